The highest BCUT2D eigenvalue weighted by atomic mass is 35.5. The van der Waals surface area contributed by atoms with Crippen molar-refractivity contribution in [3.8, 4) is 0 Å². The van der Waals surface area contributed by atoms with Crippen molar-refractivity contribution in [2.75, 3.05) is 33.2 Å². The molecule has 1 saturated heterocycles. The maximum absolute atomic E-state index is 12.1. The second-order valence-electron chi connectivity index (χ2n) is 6.52. The number of nitrogens with one attached hydrogen (secondary N) is 1. The van der Waals surface area contributed by atoms with E-state index in [4.69, 9.17) is 5.11 Å². The molecule has 0 aromatic heterocycles. The van der Waals surface area contributed by atoms with Crippen LogP contribution in [0.25, 0.3) is 0 Å². The minimum atomic E-state index is -0.796. The quantitative estimate of drug-likeness (QED) is 0.762. The average Bonchev–Trinajstić information content (AvgIpc) is 2.54. The van der Waals surface area contributed by atoms with Gasteiger partial charge in [0.05, 0.1) is 13.1 Å². The predicted octanol–water partition coefficient (Wildman–Crippen LogP) is 1.51. The van der Waals surface area contributed by atoms with Gasteiger partial charge in [-0.1, -0.05) is 24.3 Å². The fourth-order valence-corrected chi connectivity index (χ4v) is 3.12. The fourth-order valence-electron chi connectivity index (χ4n) is 3.12. The Morgan fingerprint density at radius 1 is 1.28 bits per heavy atom. The van der Waals surface area contributed by atoms with Gasteiger partial charge >= 0.3 is 5.97 Å². The van der Waals surface area contributed by atoms with Crippen molar-refractivity contribution in [3.63, 3.8) is 0 Å². The number of likely N-dealkylation sites (tertiary alicyclic amines) is 1. The Labute approximate surface area is 155 Å². The van der Waals surface area contributed by atoms with Gasteiger partial charge in [0.2, 0.25) is 5.91 Å². The molecule has 25 heavy (non-hydrogen) atoms. The lowest BCUT2D eigenvalue weighted by atomic mass is 10.0. The molecule has 6 nitrogen and oxygen atoms in total. The second-order valence-corrected chi connectivity index (χ2v) is 6.52. The Morgan fingerprint density at radius 3 is 2.52 bits per heavy atom. The van der Waals surface area contributed by atoms with Gasteiger partial charge < -0.3 is 10.4 Å². The van der Waals surface area contributed by atoms with E-state index in [0.29, 0.717) is 13.1 Å². The highest BCUT2D eigenvalue weighted by Crippen LogP contribution is 2.15. The molecule has 140 valence electrons. The number of amides is 1. The summed E-state index contributed by atoms with van der Waals surface area (Å²) >= 11 is 0. The predicted molar refractivity (Wildman–Crippen MR) is 100 cm³/mol. The summed E-state index contributed by atoms with van der Waals surface area (Å²) in [5, 5.41) is 11.8. The number of hydrogen-bond donors (Lipinski definition) is 2. The number of halogens is 1. The van der Waals surface area contributed by atoms with Crippen molar-refractivity contribution in [1.82, 2.24) is 15.1 Å². The summed E-state index contributed by atoms with van der Waals surface area (Å²) in [5.41, 5.74) is 2.32. The zero-order chi connectivity index (χ0) is 17.5. The average molecular weight is 370 g/mol. The number of carboxylic acids is 1. The van der Waals surface area contributed by atoms with Crippen molar-refractivity contribution >= 4 is 24.3 Å². The molecule has 1 aromatic rings. The van der Waals surface area contributed by atoms with Gasteiger partial charge in [-0.25, -0.2) is 0 Å². The molecular formula is C18H28ClN3O3. The van der Waals surface area contributed by atoms with Crippen molar-refractivity contribution < 1.29 is 14.7 Å². The summed E-state index contributed by atoms with van der Waals surface area (Å²) in [4.78, 5) is 26.9. The maximum atomic E-state index is 12.1. The Morgan fingerprint density at radius 2 is 1.92 bits per heavy atom. The number of hydrogen-bond acceptors (Lipinski definition) is 4. The smallest absolute Gasteiger partial charge is 0.317 e. The standard InChI is InChI=1S/C18H27N3O3.ClH/c1-14-5-3-4-6-15(14)11-19-17(22)12-21-9-7-16(8-10-21)20(2)13-18(23)24;/h3-6,16H,7-13H2,1-2H3,(H,19,22)(H,23,24);1H. The van der Waals surface area contributed by atoms with Crippen LogP contribution < -0.4 is 5.32 Å². The first kappa shape index (κ1) is 21.4. The third-order valence-corrected chi connectivity index (χ3v) is 4.67. The molecule has 2 N–H and O–H groups in total. The van der Waals surface area contributed by atoms with E-state index in [1.54, 1.807) is 0 Å². The Balaban J connectivity index is 0.00000312. The number of carbonyl (C=O) groups excluding carboxylic acids is 1. The maximum Gasteiger partial charge on any atom is 0.317 e. The highest BCUT2D eigenvalue weighted by Gasteiger charge is 2.24. The third kappa shape index (κ3) is 7.02. The van der Waals surface area contributed by atoms with Crippen LogP contribution in [0, 0.1) is 6.92 Å². The molecule has 0 bridgehead atoms. The van der Waals surface area contributed by atoms with Crippen molar-refractivity contribution in [1.29, 1.82) is 0 Å². The molecule has 1 aliphatic rings. The van der Waals surface area contributed by atoms with Crippen LogP contribution in [0.5, 0.6) is 0 Å². The highest BCUT2D eigenvalue weighted by molar-refractivity contribution is 5.85. The molecule has 0 radical (unpaired) electrons. The van der Waals surface area contributed by atoms with E-state index in [1.165, 1.54) is 5.56 Å². The number of aryl methyl sites for hydroxylation is 1. The molecule has 1 fully saturated rings. The lowest BCUT2D eigenvalue weighted by Gasteiger charge is -2.35. The number of rotatable bonds is 7. The Kier molecular flexibility index (Phi) is 8.89. The molecule has 7 heteroatoms. The van der Waals surface area contributed by atoms with Crippen LogP contribution in [0.3, 0.4) is 0 Å². The normalized spacial score (nSPS) is 15.6. The van der Waals surface area contributed by atoms with E-state index in [1.807, 2.05) is 43.1 Å². The zero-order valence-electron chi connectivity index (χ0n) is 14.9. The van der Waals surface area contributed by atoms with Crippen LogP contribution in [0.4, 0.5) is 0 Å². The summed E-state index contributed by atoms with van der Waals surface area (Å²) < 4.78 is 0. The second kappa shape index (κ2) is 10.4. The van der Waals surface area contributed by atoms with E-state index in [2.05, 4.69) is 10.2 Å². The molecule has 1 heterocycles. The SMILES string of the molecule is Cc1ccccc1CNC(=O)CN1CCC(N(C)CC(=O)O)CC1.Cl. The first-order valence-electron chi connectivity index (χ1n) is 8.41. The summed E-state index contributed by atoms with van der Waals surface area (Å²) in [6, 6.07) is 8.32. The summed E-state index contributed by atoms with van der Waals surface area (Å²) in [5.74, 6) is -0.758. The van der Waals surface area contributed by atoms with E-state index in [0.717, 1.165) is 31.5 Å². The number of benzene rings is 1. The van der Waals surface area contributed by atoms with E-state index in [9.17, 15) is 9.59 Å². The lowest BCUT2D eigenvalue weighted by molar-refractivity contribution is -0.138. The lowest BCUT2D eigenvalue weighted by Crippen LogP contribution is -2.47. The number of carbonyl (C=O) groups is 2. The van der Waals surface area contributed by atoms with Gasteiger partial charge in [-0.2, -0.15) is 0 Å². The van der Waals surface area contributed by atoms with Crippen molar-refractivity contribution in [2.45, 2.75) is 32.4 Å². The number of nitrogens with zero attached hydrogens (tertiary/aromatic N) is 2. The molecule has 1 aromatic carbocycles. The molecule has 1 aliphatic heterocycles. The molecule has 0 saturated carbocycles. The van der Waals surface area contributed by atoms with Crippen molar-refractivity contribution in [3.05, 3.63) is 35.4 Å². The van der Waals surface area contributed by atoms with Gasteiger partial charge in [0.1, 0.15) is 0 Å². The Hall–Kier alpha value is -1.63. The van der Waals surface area contributed by atoms with Crippen LogP contribution in [-0.4, -0.2) is 66.1 Å². The summed E-state index contributed by atoms with van der Waals surface area (Å²) in [6.45, 7) is 4.73. The van der Waals surface area contributed by atoms with E-state index >= 15 is 0 Å². The molecular weight excluding hydrogens is 342 g/mol. The van der Waals surface area contributed by atoms with Gasteiger partial charge in [0, 0.05) is 25.7 Å². The topological polar surface area (TPSA) is 72.9 Å². The largest absolute Gasteiger partial charge is 0.480 e. The van der Waals surface area contributed by atoms with Crippen LogP contribution in [0.15, 0.2) is 24.3 Å². The van der Waals surface area contributed by atoms with Crippen LogP contribution in [0.1, 0.15) is 24.0 Å². The number of aliphatic carboxylic acids is 1. The van der Waals surface area contributed by atoms with Gasteiger partial charge in [-0.15, -0.1) is 12.4 Å². The van der Waals surface area contributed by atoms with Crippen LogP contribution in [0.2, 0.25) is 0 Å². The third-order valence-electron chi connectivity index (χ3n) is 4.67. The van der Waals surface area contributed by atoms with Crippen LogP contribution >= 0.6 is 12.4 Å². The van der Waals surface area contributed by atoms with E-state index < -0.39 is 5.97 Å². The summed E-state index contributed by atoms with van der Waals surface area (Å²) in [7, 11) is 1.85. The monoisotopic (exact) mass is 369 g/mol. The molecule has 2 rings (SSSR count). The fraction of sp³-hybridized carbons (Fsp3) is 0.556. The number of likely N-dealkylation sites (N-methyl/N-ethyl adjacent to an activating group) is 1. The molecule has 1 amide bonds. The number of carboxylic acid groups (broad SMARTS) is 1. The molecule has 0 aliphatic carbocycles. The van der Waals surface area contributed by atoms with Gasteiger partial charge in [0.15, 0.2) is 0 Å². The van der Waals surface area contributed by atoms with E-state index in [-0.39, 0.29) is 30.9 Å². The first-order valence-corrected chi connectivity index (χ1v) is 8.41. The van der Waals surface area contributed by atoms with Gasteiger partial charge in [-0.3, -0.25) is 19.4 Å². The van der Waals surface area contributed by atoms with Crippen molar-refractivity contribution in [2.24, 2.45) is 0 Å². The number of piperidine rings is 1. The first-order chi connectivity index (χ1) is 11.5. The summed E-state index contributed by atoms with van der Waals surface area (Å²) in [6.07, 6.45) is 1.80. The zero-order valence-corrected chi connectivity index (χ0v) is 15.7. The van der Waals surface area contributed by atoms with Gasteiger partial charge in [-0.05, 0) is 37.9 Å². The van der Waals surface area contributed by atoms with Crippen LogP contribution in [-0.2, 0) is 16.1 Å². The minimum absolute atomic E-state index is 0. The molecule has 0 spiro atoms. The molecule has 0 unspecified atom stereocenters. The Bertz CT molecular complexity index is 574. The molecule has 0 atom stereocenters. The van der Waals surface area contributed by atoms with Gasteiger partial charge in [0.25, 0.3) is 0 Å². The minimum Gasteiger partial charge on any atom is -0.480 e.